The number of hydrogen-bond acceptors (Lipinski definition) is 11. The van der Waals surface area contributed by atoms with Crippen LogP contribution in [0.4, 0.5) is 5.82 Å². The van der Waals surface area contributed by atoms with Gasteiger partial charge in [0.2, 0.25) is 0 Å². The Bertz CT molecular complexity index is 1680. The standard InChI is InChI=1S/C20H19N5O10P2/c21-6-9-1-2-10-5-13-12(4-11(10)3-9)16-15(19(22)24-13)23-8-25(16)20-18(27)17(26)14(34-20)7-33-37(31,32)35-36(28,29)30/h1-5,8,14,17-18,20,26-27H,7H2,(H2,22,24)(H,31,32)(H2,28,29,30)/t14-,17+,18+,20-/m1/s1. The van der Waals surface area contributed by atoms with Gasteiger partial charge in [0.1, 0.15) is 23.8 Å². The van der Waals surface area contributed by atoms with Gasteiger partial charge < -0.3 is 39.9 Å². The Labute approximate surface area is 207 Å². The normalized spacial score (nSPS) is 24.0. The maximum atomic E-state index is 11.8. The lowest BCUT2D eigenvalue weighted by atomic mass is 10.0. The van der Waals surface area contributed by atoms with Crippen molar-refractivity contribution in [2.24, 2.45) is 0 Å². The van der Waals surface area contributed by atoms with Crippen LogP contribution in [0, 0.1) is 11.3 Å². The Hall–Kier alpha value is -2.99. The molecular weight excluding hydrogens is 532 g/mol. The molecule has 1 aliphatic heterocycles. The van der Waals surface area contributed by atoms with Crippen molar-refractivity contribution in [2.45, 2.75) is 24.5 Å². The molecular formula is C20H19N5O10P2. The van der Waals surface area contributed by atoms with E-state index in [-0.39, 0.29) is 11.3 Å². The molecule has 2 aromatic heterocycles. The van der Waals surface area contributed by atoms with Crippen molar-refractivity contribution in [3.63, 3.8) is 0 Å². The molecule has 1 saturated heterocycles. The van der Waals surface area contributed by atoms with E-state index in [1.165, 1.54) is 10.9 Å². The SMILES string of the molecule is N#Cc1ccc2cc3nc(N)c4ncn([C@@H]5O[C@H](COP(=O)(O)OP(=O)(O)O)[C@H](O)[C@@H]5O)c4c3cc2c1. The molecule has 5 atom stereocenters. The number of anilines is 1. The first kappa shape index (κ1) is 25.7. The van der Waals surface area contributed by atoms with E-state index in [0.717, 1.165) is 10.8 Å². The van der Waals surface area contributed by atoms with Crippen LogP contribution in [0.25, 0.3) is 32.7 Å². The maximum Gasteiger partial charge on any atom is 0.481 e. The topological polar surface area (TPSA) is 243 Å². The molecule has 4 aromatic rings. The minimum Gasteiger partial charge on any atom is -0.387 e. The van der Waals surface area contributed by atoms with E-state index in [0.29, 0.717) is 22.0 Å². The highest BCUT2D eigenvalue weighted by atomic mass is 31.3. The molecule has 0 saturated carbocycles. The summed E-state index contributed by atoms with van der Waals surface area (Å²) in [4.78, 5) is 35.6. The third kappa shape index (κ3) is 4.84. The summed E-state index contributed by atoms with van der Waals surface area (Å²) in [6.07, 6.45) is -4.53. The summed E-state index contributed by atoms with van der Waals surface area (Å²) in [5, 5.41) is 32.5. The highest BCUT2D eigenvalue weighted by Crippen LogP contribution is 2.57. The van der Waals surface area contributed by atoms with Gasteiger partial charge in [-0.05, 0) is 35.0 Å². The predicted molar refractivity (Wildman–Crippen MR) is 126 cm³/mol. The van der Waals surface area contributed by atoms with Crippen molar-refractivity contribution in [3.05, 3.63) is 42.2 Å². The largest absolute Gasteiger partial charge is 0.481 e. The van der Waals surface area contributed by atoms with Crippen LogP contribution in [-0.2, 0) is 22.7 Å². The average molecular weight is 551 g/mol. The first-order chi connectivity index (χ1) is 17.4. The molecule has 0 aliphatic carbocycles. The molecule has 17 heteroatoms. The number of nitrogens with two attached hydrogens (primary N) is 1. The predicted octanol–water partition coefficient (Wildman–Crippen LogP) is 1.04. The van der Waals surface area contributed by atoms with E-state index < -0.39 is 46.8 Å². The van der Waals surface area contributed by atoms with Gasteiger partial charge in [0.05, 0.1) is 35.6 Å². The number of phosphoric acid groups is 2. The number of aromatic nitrogens is 3. The third-order valence-electron chi connectivity index (χ3n) is 5.84. The fraction of sp³-hybridized carbons (Fsp3) is 0.250. The number of ether oxygens (including phenoxy) is 1. The van der Waals surface area contributed by atoms with Crippen LogP contribution in [0.3, 0.4) is 0 Å². The second kappa shape index (κ2) is 9.09. The molecule has 7 N–H and O–H groups in total. The summed E-state index contributed by atoms with van der Waals surface area (Å²) < 4.78 is 38.0. The Balaban J connectivity index is 1.53. The highest BCUT2D eigenvalue weighted by Gasteiger charge is 2.46. The average Bonchev–Trinajstić information content (AvgIpc) is 3.37. The third-order valence-corrected chi connectivity index (χ3v) is 7.99. The lowest BCUT2D eigenvalue weighted by Gasteiger charge is -2.18. The van der Waals surface area contributed by atoms with Crippen LogP contribution >= 0.6 is 15.6 Å². The minimum atomic E-state index is -5.34. The number of nitrogen functional groups attached to an aromatic ring is 1. The zero-order valence-electron chi connectivity index (χ0n) is 18.5. The van der Waals surface area contributed by atoms with Gasteiger partial charge in [0, 0.05) is 5.39 Å². The van der Waals surface area contributed by atoms with Crippen LogP contribution in [0.1, 0.15) is 11.8 Å². The number of hydrogen-bond donors (Lipinski definition) is 6. The van der Waals surface area contributed by atoms with E-state index in [9.17, 15) is 29.5 Å². The molecule has 5 rings (SSSR count). The van der Waals surface area contributed by atoms with Gasteiger partial charge in [-0.25, -0.2) is 19.1 Å². The van der Waals surface area contributed by atoms with Crippen molar-refractivity contribution in [1.29, 1.82) is 5.26 Å². The summed E-state index contributed by atoms with van der Waals surface area (Å²) in [7, 11) is -10.5. The Morgan fingerprint density at radius 3 is 2.59 bits per heavy atom. The number of imidazole rings is 1. The summed E-state index contributed by atoms with van der Waals surface area (Å²) in [5.74, 6) is 0.0953. The van der Waals surface area contributed by atoms with Crippen LogP contribution in [0.2, 0.25) is 0 Å². The van der Waals surface area contributed by atoms with Gasteiger partial charge in [0.15, 0.2) is 12.0 Å². The second-order valence-corrected chi connectivity index (χ2v) is 11.1. The maximum absolute atomic E-state index is 11.8. The molecule has 1 fully saturated rings. The highest BCUT2D eigenvalue weighted by molar-refractivity contribution is 7.60. The fourth-order valence-electron chi connectivity index (χ4n) is 4.25. The monoisotopic (exact) mass is 551 g/mol. The summed E-state index contributed by atoms with van der Waals surface area (Å²) >= 11 is 0. The molecule has 1 aliphatic rings. The molecule has 0 spiro atoms. The van der Waals surface area contributed by atoms with Gasteiger partial charge in [-0.3, -0.25) is 4.52 Å². The van der Waals surface area contributed by atoms with Crippen molar-refractivity contribution in [2.75, 3.05) is 12.3 Å². The molecule has 0 radical (unpaired) electrons. The molecule has 37 heavy (non-hydrogen) atoms. The quantitative estimate of drug-likeness (QED) is 0.145. The molecule has 0 amide bonds. The molecule has 194 valence electrons. The molecule has 0 bridgehead atoms. The van der Waals surface area contributed by atoms with E-state index in [1.807, 2.05) is 0 Å². The minimum absolute atomic E-state index is 0.0953. The van der Waals surface area contributed by atoms with Crippen molar-refractivity contribution >= 4 is 54.2 Å². The molecule has 15 nitrogen and oxygen atoms in total. The van der Waals surface area contributed by atoms with Crippen LogP contribution < -0.4 is 5.73 Å². The van der Waals surface area contributed by atoms with Crippen LogP contribution in [0.5, 0.6) is 0 Å². The zero-order valence-corrected chi connectivity index (χ0v) is 20.3. The zero-order chi connectivity index (χ0) is 26.7. The van der Waals surface area contributed by atoms with Gasteiger partial charge in [0.25, 0.3) is 0 Å². The Morgan fingerprint density at radius 2 is 1.89 bits per heavy atom. The lowest BCUT2D eigenvalue weighted by molar-refractivity contribution is -0.0500. The van der Waals surface area contributed by atoms with Crippen molar-refractivity contribution in [3.8, 4) is 6.07 Å². The van der Waals surface area contributed by atoms with E-state index in [4.69, 9.17) is 20.3 Å². The first-order valence-electron chi connectivity index (χ1n) is 10.5. The number of aliphatic hydroxyl groups is 2. The summed E-state index contributed by atoms with van der Waals surface area (Å²) in [6.45, 7) is -0.846. The van der Waals surface area contributed by atoms with E-state index >= 15 is 0 Å². The van der Waals surface area contributed by atoms with Gasteiger partial charge in [-0.2, -0.15) is 9.57 Å². The number of aliphatic hydroxyl groups excluding tert-OH is 2. The number of phosphoric ester groups is 1. The van der Waals surface area contributed by atoms with Crippen LogP contribution in [-0.4, -0.2) is 64.3 Å². The number of nitrogens with zero attached hydrogens (tertiary/aromatic N) is 4. The van der Waals surface area contributed by atoms with E-state index in [2.05, 4.69) is 24.9 Å². The van der Waals surface area contributed by atoms with Gasteiger partial charge in [-0.1, -0.05) is 6.07 Å². The number of fused-ring (bicyclic) bond motifs is 4. The number of pyridine rings is 1. The number of rotatable bonds is 6. The summed E-state index contributed by atoms with van der Waals surface area (Å²) in [6, 6.07) is 10.8. The molecule has 3 heterocycles. The second-order valence-electron chi connectivity index (χ2n) is 8.27. The molecule has 1 unspecified atom stereocenters. The Morgan fingerprint density at radius 1 is 1.14 bits per heavy atom. The van der Waals surface area contributed by atoms with Crippen molar-refractivity contribution < 1.29 is 47.6 Å². The first-order valence-corrected chi connectivity index (χ1v) is 13.5. The number of benzene rings is 2. The summed E-state index contributed by atoms with van der Waals surface area (Å²) in [5.41, 5.74) is 7.75. The number of nitriles is 1. The lowest BCUT2D eigenvalue weighted by Crippen LogP contribution is -2.33. The van der Waals surface area contributed by atoms with E-state index in [1.54, 1.807) is 30.3 Å². The fourth-order valence-corrected chi connectivity index (χ4v) is 5.85. The smallest absolute Gasteiger partial charge is 0.387 e. The Kier molecular flexibility index (Phi) is 6.30. The van der Waals surface area contributed by atoms with Crippen LogP contribution in [0.15, 0.2) is 36.7 Å². The molecule has 2 aromatic carbocycles. The van der Waals surface area contributed by atoms with Crippen molar-refractivity contribution in [1.82, 2.24) is 14.5 Å². The van der Waals surface area contributed by atoms with Gasteiger partial charge in [-0.15, -0.1) is 0 Å². The van der Waals surface area contributed by atoms with Gasteiger partial charge >= 0.3 is 15.6 Å².